The fraction of sp³-hybridized carbons (Fsp3) is 0.533. The van der Waals surface area contributed by atoms with Crippen molar-refractivity contribution in [1.82, 2.24) is 10.6 Å². The number of ether oxygens (including phenoxy) is 2. The van der Waals surface area contributed by atoms with Gasteiger partial charge >= 0.3 is 6.36 Å². The van der Waals surface area contributed by atoms with Crippen LogP contribution in [0.25, 0.3) is 0 Å². The summed E-state index contributed by atoms with van der Waals surface area (Å²) in [6.07, 6.45) is -3.81. The summed E-state index contributed by atoms with van der Waals surface area (Å²) in [6, 6.07) is 5.64. The van der Waals surface area contributed by atoms with E-state index in [1.54, 1.807) is 12.1 Å². The second kappa shape index (κ2) is 8.16. The lowest BCUT2D eigenvalue weighted by atomic mass is 10.1. The summed E-state index contributed by atoms with van der Waals surface area (Å²) in [5.74, 6) is -0.335. The molecule has 1 aliphatic heterocycles. The van der Waals surface area contributed by atoms with Gasteiger partial charge < -0.3 is 20.1 Å². The van der Waals surface area contributed by atoms with Gasteiger partial charge in [-0.15, -0.1) is 13.2 Å². The van der Waals surface area contributed by atoms with Crippen molar-refractivity contribution in [2.24, 2.45) is 0 Å². The third kappa shape index (κ3) is 6.87. The summed E-state index contributed by atoms with van der Waals surface area (Å²) < 4.78 is 45.2. The van der Waals surface area contributed by atoms with E-state index in [2.05, 4.69) is 15.4 Å². The van der Waals surface area contributed by atoms with E-state index >= 15 is 0 Å². The highest BCUT2D eigenvalue weighted by atomic mass is 19.4. The van der Waals surface area contributed by atoms with E-state index in [0.29, 0.717) is 32.6 Å². The molecule has 23 heavy (non-hydrogen) atoms. The zero-order chi connectivity index (χ0) is 16.7. The summed E-state index contributed by atoms with van der Waals surface area (Å²) in [4.78, 5) is 11.8. The van der Waals surface area contributed by atoms with Crippen LogP contribution in [0.15, 0.2) is 24.3 Å². The predicted molar refractivity (Wildman–Crippen MR) is 77.1 cm³/mol. The summed E-state index contributed by atoms with van der Waals surface area (Å²) in [5, 5.41) is 5.98. The molecule has 1 fully saturated rings. The van der Waals surface area contributed by atoms with Gasteiger partial charge in [0, 0.05) is 25.6 Å². The quantitative estimate of drug-likeness (QED) is 0.831. The van der Waals surface area contributed by atoms with E-state index in [-0.39, 0.29) is 17.7 Å². The summed E-state index contributed by atoms with van der Waals surface area (Å²) in [6.45, 7) is 2.34. The molecule has 0 spiro atoms. The van der Waals surface area contributed by atoms with Crippen molar-refractivity contribution in [3.05, 3.63) is 29.8 Å². The topological polar surface area (TPSA) is 59.6 Å². The van der Waals surface area contributed by atoms with E-state index in [1.165, 1.54) is 12.1 Å². The number of morpholine rings is 1. The molecule has 0 aromatic heterocycles. The van der Waals surface area contributed by atoms with E-state index in [1.807, 2.05) is 0 Å². The van der Waals surface area contributed by atoms with Gasteiger partial charge in [0.15, 0.2) is 0 Å². The molecule has 1 saturated heterocycles. The first-order valence-corrected chi connectivity index (χ1v) is 7.35. The Labute approximate surface area is 132 Å². The Balaban J connectivity index is 1.68. The van der Waals surface area contributed by atoms with Crippen LogP contribution in [0.5, 0.6) is 5.75 Å². The van der Waals surface area contributed by atoms with Crippen molar-refractivity contribution in [2.45, 2.75) is 25.2 Å². The average Bonchev–Trinajstić information content (AvgIpc) is 2.48. The Hall–Kier alpha value is -1.80. The van der Waals surface area contributed by atoms with E-state index < -0.39 is 6.36 Å². The SMILES string of the molecule is O=C(CC1COCCN1)NCCc1ccc(OC(F)(F)F)cc1. The highest BCUT2D eigenvalue weighted by Crippen LogP contribution is 2.22. The number of nitrogens with one attached hydrogen (secondary N) is 2. The van der Waals surface area contributed by atoms with Crippen molar-refractivity contribution in [1.29, 1.82) is 0 Å². The molecule has 1 aromatic rings. The maximum absolute atomic E-state index is 12.0. The summed E-state index contributed by atoms with van der Waals surface area (Å²) in [5.41, 5.74) is 0.818. The Morgan fingerprint density at radius 3 is 2.70 bits per heavy atom. The minimum atomic E-state index is -4.69. The standard InChI is InChI=1S/C15H19F3N2O3/c16-15(17,18)23-13-3-1-11(2-4-13)5-6-20-14(21)9-12-10-22-8-7-19-12/h1-4,12,19H,5-10H2,(H,20,21). The molecule has 1 aliphatic rings. The van der Waals surface area contributed by atoms with Crippen molar-refractivity contribution in [3.8, 4) is 5.75 Å². The summed E-state index contributed by atoms with van der Waals surface area (Å²) in [7, 11) is 0. The Kier molecular flexibility index (Phi) is 6.23. The molecule has 1 heterocycles. The van der Waals surface area contributed by atoms with Crippen LogP contribution >= 0.6 is 0 Å². The number of rotatable bonds is 6. The third-order valence-corrected chi connectivity index (χ3v) is 3.32. The molecule has 1 atom stereocenters. The lowest BCUT2D eigenvalue weighted by Gasteiger charge is -2.23. The first kappa shape index (κ1) is 17.6. The van der Waals surface area contributed by atoms with Crippen molar-refractivity contribution in [3.63, 3.8) is 0 Å². The monoisotopic (exact) mass is 332 g/mol. The molecule has 2 N–H and O–H groups in total. The van der Waals surface area contributed by atoms with Crippen LogP contribution in [-0.2, 0) is 16.0 Å². The van der Waals surface area contributed by atoms with Crippen LogP contribution in [0.2, 0.25) is 0 Å². The van der Waals surface area contributed by atoms with Crippen molar-refractivity contribution < 1.29 is 27.4 Å². The largest absolute Gasteiger partial charge is 0.573 e. The van der Waals surface area contributed by atoms with E-state index in [0.717, 1.165) is 12.1 Å². The second-order valence-corrected chi connectivity index (χ2v) is 5.22. The van der Waals surface area contributed by atoms with Crippen molar-refractivity contribution in [2.75, 3.05) is 26.3 Å². The van der Waals surface area contributed by atoms with Gasteiger partial charge in [0.2, 0.25) is 5.91 Å². The molecule has 2 rings (SSSR count). The van der Waals surface area contributed by atoms with Crippen molar-refractivity contribution >= 4 is 5.91 Å². The number of carbonyl (C=O) groups excluding carboxylic acids is 1. The number of halogens is 3. The van der Waals surface area contributed by atoms with Gasteiger partial charge in [-0.3, -0.25) is 4.79 Å². The fourth-order valence-electron chi connectivity index (χ4n) is 2.25. The van der Waals surface area contributed by atoms with Crippen LogP contribution in [0, 0.1) is 0 Å². The lowest BCUT2D eigenvalue weighted by Crippen LogP contribution is -2.44. The molecule has 1 unspecified atom stereocenters. The normalized spacial score (nSPS) is 18.5. The molecule has 128 valence electrons. The lowest BCUT2D eigenvalue weighted by molar-refractivity contribution is -0.274. The maximum atomic E-state index is 12.0. The molecule has 1 aromatic carbocycles. The van der Waals surface area contributed by atoms with Gasteiger partial charge in [0.05, 0.1) is 13.2 Å². The zero-order valence-electron chi connectivity index (χ0n) is 12.5. The fourth-order valence-corrected chi connectivity index (χ4v) is 2.25. The van der Waals surface area contributed by atoms with Gasteiger partial charge in [-0.2, -0.15) is 0 Å². The smallest absolute Gasteiger partial charge is 0.406 e. The number of hydrogen-bond acceptors (Lipinski definition) is 4. The van der Waals surface area contributed by atoms with Gasteiger partial charge in [-0.25, -0.2) is 0 Å². The molecular weight excluding hydrogens is 313 g/mol. The third-order valence-electron chi connectivity index (χ3n) is 3.32. The molecule has 0 bridgehead atoms. The van der Waals surface area contributed by atoms with Crippen LogP contribution < -0.4 is 15.4 Å². The Morgan fingerprint density at radius 2 is 2.09 bits per heavy atom. The van der Waals surface area contributed by atoms with Gasteiger partial charge in [0.25, 0.3) is 0 Å². The van der Waals surface area contributed by atoms with Crippen LogP contribution in [-0.4, -0.2) is 44.6 Å². The van der Waals surface area contributed by atoms with Crippen LogP contribution in [0.3, 0.4) is 0 Å². The first-order chi connectivity index (χ1) is 10.9. The van der Waals surface area contributed by atoms with E-state index in [9.17, 15) is 18.0 Å². The minimum absolute atomic E-state index is 0.0301. The second-order valence-electron chi connectivity index (χ2n) is 5.22. The number of benzene rings is 1. The zero-order valence-corrected chi connectivity index (χ0v) is 12.5. The molecule has 0 saturated carbocycles. The Morgan fingerprint density at radius 1 is 1.35 bits per heavy atom. The molecule has 1 amide bonds. The first-order valence-electron chi connectivity index (χ1n) is 7.35. The number of carbonyl (C=O) groups is 1. The molecule has 5 nitrogen and oxygen atoms in total. The highest BCUT2D eigenvalue weighted by Gasteiger charge is 2.30. The minimum Gasteiger partial charge on any atom is -0.406 e. The highest BCUT2D eigenvalue weighted by molar-refractivity contribution is 5.76. The number of amides is 1. The molecule has 0 aliphatic carbocycles. The van der Waals surface area contributed by atoms with Gasteiger partial charge in [-0.1, -0.05) is 12.1 Å². The molecule has 0 radical (unpaired) electrons. The number of alkyl halides is 3. The Bertz CT molecular complexity index is 500. The van der Waals surface area contributed by atoms with Crippen LogP contribution in [0.4, 0.5) is 13.2 Å². The van der Waals surface area contributed by atoms with Crippen LogP contribution in [0.1, 0.15) is 12.0 Å². The maximum Gasteiger partial charge on any atom is 0.573 e. The number of hydrogen-bond donors (Lipinski definition) is 2. The molecular formula is C15H19F3N2O3. The van der Waals surface area contributed by atoms with Gasteiger partial charge in [-0.05, 0) is 24.1 Å². The molecule has 8 heteroatoms. The predicted octanol–water partition coefficient (Wildman–Crippen LogP) is 1.62. The summed E-state index contributed by atoms with van der Waals surface area (Å²) >= 11 is 0. The van der Waals surface area contributed by atoms with Gasteiger partial charge in [0.1, 0.15) is 5.75 Å². The van der Waals surface area contributed by atoms with E-state index in [4.69, 9.17) is 4.74 Å². The average molecular weight is 332 g/mol.